The average molecular weight is 366 g/mol. The Hall–Kier alpha value is -1.17. The first-order valence-electron chi connectivity index (χ1n) is 6.89. The number of amides is 1. The van der Waals surface area contributed by atoms with Crippen molar-refractivity contribution in [3.05, 3.63) is 56.7 Å². The first-order chi connectivity index (χ1) is 10.2. The molecule has 0 spiro atoms. The van der Waals surface area contributed by atoms with Crippen LogP contribution in [-0.2, 0) is 16.0 Å². The molecular weight excluding hydrogens is 350 g/mol. The molecule has 1 atom stereocenters. The molecule has 1 amide bonds. The Morgan fingerprint density at radius 3 is 2.86 bits per heavy atom. The highest BCUT2D eigenvalue weighted by molar-refractivity contribution is 9.10. The van der Waals surface area contributed by atoms with E-state index >= 15 is 0 Å². The maximum absolute atomic E-state index is 12.4. The fourth-order valence-corrected chi connectivity index (χ4v) is 3.39. The zero-order chi connectivity index (χ0) is 14.7. The van der Waals surface area contributed by atoms with Gasteiger partial charge in [-0.25, -0.2) is 0 Å². The summed E-state index contributed by atoms with van der Waals surface area (Å²) in [6.45, 7) is 1.90. The van der Waals surface area contributed by atoms with Gasteiger partial charge in [0, 0.05) is 15.9 Å². The highest BCUT2D eigenvalue weighted by Gasteiger charge is 2.25. The lowest BCUT2D eigenvalue weighted by Gasteiger charge is -2.33. The second-order valence-electron chi connectivity index (χ2n) is 5.01. The second kappa shape index (κ2) is 6.73. The minimum absolute atomic E-state index is 0.0286. The fraction of sp³-hybridized carbons (Fsp3) is 0.312. The van der Waals surface area contributed by atoms with Crippen molar-refractivity contribution in [1.82, 2.24) is 4.90 Å². The van der Waals surface area contributed by atoms with Gasteiger partial charge in [0.25, 0.3) is 0 Å². The summed E-state index contributed by atoms with van der Waals surface area (Å²) in [5, 5.41) is 2.01. The van der Waals surface area contributed by atoms with Gasteiger partial charge in [0.2, 0.25) is 5.91 Å². The molecule has 2 heterocycles. The summed E-state index contributed by atoms with van der Waals surface area (Å²) in [6, 6.07) is 12.1. The monoisotopic (exact) mass is 365 g/mol. The van der Waals surface area contributed by atoms with Gasteiger partial charge in [0.15, 0.2) is 0 Å². The number of thiophene rings is 1. The molecule has 21 heavy (non-hydrogen) atoms. The van der Waals surface area contributed by atoms with E-state index < -0.39 is 0 Å². The molecule has 1 aliphatic rings. The molecule has 5 heteroatoms. The Morgan fingerprint density at radius 2 is 2.14 bits per heavy atom. The topological polar surface area (TPSA) is 29.5 Å². The number of rotatable bonds is 3. The van der Waals surface area contributed by atoms with E-state index in [4.69, 9.17) is 4.74 Å². The van der Waals surface area contributed by atoms with E-state index in [0.29, 0.717) is 26.1 Å². The molecule has 1 aromatic heterocycles. The predicted molar refractivity (Wildman–Crippen MR) is 87.4 cm³/mol. The summed E-state index contributed by atoms with van der Waals surface area (Å²) in [5.41, 5.74) is 1.12. The van der Waals surface area contributed by atoms with Crippen molar-refractivity contribution in [2.75, 3.05) is 19.7 Å². The highest BCUT2D eigenvalue weighted by Crippen LogP contribution is 2.24. The third-order valence-electron chi connectivity index (χ3n) is 3.57. The number of halogens is 1. The van der Waals surface area contributed by atoms with E-state index in [1.165, 1.54) is 0 Å². The van der Waals surface area contributed by atoms with Crippen LogP contribution in [0.4, 0.5) is 0 Å². The van der Waals surface area contributed by atoms with Crippen molar-refractivity contribution in [2.24, 2.45) is 0 Å². The lowest BCUT2D eigenvalue weighted by molar-refractivity contribution is -0.138. The molecule has 1 saturated heterocycles. The Balaban J connectivity index is 1.65. The maximum atomic E-state index is 12.4. The molecule has 1 fully saturated rings. The van der Waals surface area contributed by atoms with E-state index in [1.54, 1.807) is 11.3 Å². The van der Waals surface area contributed by atoms with Crippen LogP contribution in [0.5, 0.6) is 0 Å². The Labute approximate surface area is 136 Å². The van der Waals surface area contributed by atoms with Crippen molar-refractivity contribution in [2.45, 2.75) is 12.5 Å². The van der Waals surface area contributed by atoms with E-state index in [9.17, 15) is 4.79 Å². The SMILES string of the molecule is O=C(Cc1cccs1)N1CCOC(c2ccc(Br)cc2)C1. The molecule has 110 valence electrons. The van der Waals surface area contributed by atoms with Crippen molar-refractivity contribution in [3.63, 3.8) is 0 Å². The molecule has 1 unspecified atom stereocenters. The van der Waals surface area contributed by atoms with E-state index in [1.807, 2.05) is 46.7 Å². The van der Waals surface area contributed by atoms with Crippen LogP contribution in [0.15, 0.2) is 46.3 Å². The fourth-order valence-electron chi connectivity index (χ4n) is 2.43. The zero-order valence-corrected chi connectivity index (χ0v) is 13.9. The van der Waals surface area contributed by atoms with Crippen molar-refractivity contribution in [3.8, 4) is 0 Å². The van der Waals surface area contributed by atoms with Gasteiger partial charge < -0.3 is 9.64 Å². The number of benzene rings is 1. The first-order valence-corrected chi connectivity index (χ1v) is 8.57. The molecule has 0 radical (unpaired) electrons. The van der Waals surface area contributed by atoms with Crippen LogP contribution in [0.2, 0.25) is 0 Å². The van der Waals surface area contributed by atoms with E-state index in [0.717, 1.165) is 14.9 Å². The van der Waals surface area contributed by atoms with Gasteiger partial charge in [0.1, 0.15) is 6.10 Å². The summed E-state index contributed by atoms with van der Waals surface area (Å²) >= 11 is 5.06. The number of nitrogens with zero attached hydrogens (tertiary/aromatic N) is 1. The minimum Gasteiger partial charge on any atom is -0.370 e. The van der Waals surface area contributed by atoms with Gasteiger partial charge >= 0.3 is 0 Å². The molecule has 2 aromatic rings. The average Bonchev–Trinajstić information content (AvgIpc) is 3.01. The zero-order valence-electron chi connectivity index (χ0n) is 11.5. The van der Waals surface area contributed by atoms with Crippen molar-refractivity contribution >= 4 is 33.2 Å². The number of ether oxygens (including phenoxy) is 1. The molecular formula is C16H16BrNO2S. The molecule has 3 rings (SSSR count). The molecule has 1 aliphatic heterocycles. The van der Waals surface area contributed by atoms with Gasteiger partial charge in [-0.1, -0.05) is 34.1 Å². The van der Waals surface area contributed by atoms with E-state index in [-0.39, 0.29) is 12.0 Å². The Bertz CT molecular complexity index is 597. The standard InChI is InChI=1S/C16H16BrNO2S/c17-13-5-3-12(4-6-13)15-11-18(7-8-20-15)16(19)10-14-2-1-9-21-14/h1-6,9,15H,7-8,10-11H2. The third kappa shape index (κ3) is 3.73. The first kappa shape index (κ1) is 14.8. The van der Waals surface area contributed by atoms with Crippen LogP contribution < -0.4 is 0 Å². The van der Waals surface area contributed by atoms with Gasteiger partial charge in [-0.2, -0.15) is 0 Å². The number of carbonyl (C=O) groups excluding carboxylic acids is 1. The van der Waals surface area contributed by atoms with Crippen LogP contribution in [0.1, 0.15) is 16.5 Å². The summed E-state index contributed by atoms with van der Waals surface area (Å²) in [5.74, 6) is 0.183. The normalized spacial score (nSPS) is 18.7. The summed E-state index contributed by atoms with van der Waals surface area (Å²) in [4.78, 5) is 15.4. The smallest absolute Gasteiger partial charge is 0.228 e. The van der Waals surface area contributed by atoms with Crippen LogP contribution in [-0.4, -0.2) is 30.5 Å². The molecule has 0 aliphatic carbocycles. The molecule has 0 saturated carbocycles. The van der Waals surface area contributed by atoms with E-state index in [2.05, 4.69) is 15.9 Å². The molecule has 0 bridgehead atoms. The predicted octanol–water partition coefficient (Wildman–Crippen LogP) is 3.65. The van der Waals surface area contributed by atoms with Gasteiger partial charge in [0.05, 0.1) is 19.6 Å². The minimum atomic E-state index is -0.0286. The summed E-state index contributed by atoms with van der Waals surface area (Å²) < 4.78 is 6.86. The molecule has 3 nitrogen and oxygen atoms in total. The molecule has 0 N–H and O–H groups in total. The van der Waals surface area contributed by atoms with Crippen molar-refractivity contribution in [1.29, 1.82) is 0 Å². The third-order valence-corrected chi connectivity index (χ3v) is 4.97. The van der Waals surface area contributed by atoms with Crippen LogP contribution in [0, 0.1) is 0 Å². The van der Waals surface area contributed by atoms with Crippen LogP contribution in [0.3, 0.4) is 0 Å². The van der Waals surface area contributed by atoms with Gasteiger partial charge in [-0.15, -0.1) is 11.3 Å². The number of hydrogen-bond acceptors (Lipinski definition) is 3. The number of carbonyl (C=O) groups is 1. The largest absolute Gasteiger partial charge is 0.370 e. The van der Waals surface area contributed by atoms with Crippen LogP contribution in [0.25, 0.3) is 0 Å². The Kier molecular flexibility index (Phi) is 4.73. The summed E-state index contributed by atoms with van der Waals surface area (Å²) in [7, 11) is 0. The van der Waals surface area contributed by atoms with Crippen LogP contribution >= 0.6 is 27.3 Å². The number of hydrogen-bond donors (Lipinski definition) is 0. The molecule has 1 aromatic carbocycles. The maximum Gasteiger partial charge on any atom is 0.228 e. The lowest BCUT2D eigenvalue weighted by Crippen LogP contribution is -2.42. The quantitative estimate of drug-likeness (QED) is 0.830. The number of morpholine rings is 1. The second-order valence-corrected chi connectivity index (χ2v) is 6.95. The Morgan fingerprint density at radius 1 is 1.33 bits per heavy atom. The summed E-state index contributed by atoms with van der Waals surface area (Å²) in [6.07, 6.45) is 0.462. The lowest BCUT2D eigenvalue weighted by atomic mass is 10.1. The van der Waals surface area contributed by atoms with Gasteiger partial charge in [-0.3, -0.25) is 4.79 Å². The van der Waals surface area contributed by atoms with Gasteiger partial charge in [-0.05, 0) is 29.1 Å². The van der Waals surface area contributed by atoms with Crippen molar-refractivity contribution < 1.29 is 9.53 Å². The highest BCUT2D eigenvalue weighted by atomic mass is 79.9.